The van der Waals surface area contributed by atoms with Crippen molar-refractivity contribution in [3.05, 3.63) is 0 Å². The number of hydroxylamine groups is 2. The van der Waals surface area contributed by atoms with Crippen LogP contribution in [0.3, 0.4) is 0 Å². The lowest BCUT2D eigenvalue weighted by Crippen LogP contribution is -2.43. The van der Waals surface area contributed by atoms with Gasteiger partial charge in [0.25, 0.3) is 0 Å². The van der Waals surface area contributed by atoms with Gasteiger partial charge in [-0.3, -0.25) is 4.84 Å². The topological polar surface area (TPSA) is 45.5 Å². The molecule has 2 saturated heterocycles. The number of rotatable bonds is 0. The Balaban J connectivity index is 1.71. The molecule has 0 aromatic heterocycles. The van der Waals surface area contributed by atoms with Gasteiger partial charge in [-0.2, -0.15) is 10.3 Å². The zero-order valence-electron chi connectivity index (χ0n) is 12.1. The van der Waals surface area contributed by atoms with Crippen molar-refractivity contribution < 1.29 is 9.57 Å². The van der Waals surface area contributed by atoms with Gasteiger partial charge in [-0.15, -0.1) is 0 Å². The molecule has 2 heterocycles. The second kappa shape index (κ2) is 3.16. The number of hydrogen-bond acceptors (Lipinski definition) is 4. The summed E-state index contributed by atoms with van der Waals surface area (Å²) in [6, 6.07) is 2.62. The molecule has 4 nitrogen and oxygen atoms in total. The van der Waals surface area contributed by atoms with E-state index in [2.05, 4.69) is 26.8 Å². The van der Waals surface area contributed by atoms with Crippen LogP contribution in [0, 0.1) is 28.1 Å². The van der Waals surface area contributed by atoms with Gasteiger partial charge in [0.15, 0.2) is 5.60 Å². The van der Waals surface area contributed by atoms with Gasteiger partial charge < -0.3 is 4.74 Å². The van der Waals surface area contributed by atoms with Crippen LogP contribution >= 0.6 is 0 Å². The molecule has 2 aliphatic heterocycles. The molecule has 4 aliphatic rings. The third-order valence-corrected chi connectivity index (χ3v) is 6.71. The number of ether oxygens (including phenoxy) is 1. The van der Waals surface area contributed by atoms with Crippen LogP contribution in [0.4, 0.5) is 0 Å². The van der Waals surface area contributed by atoms with Gasteiger partial charge in [0, 0.05) is 11.8 Å². The Morgan fingerprint density at radius 2 is 2.00 bits per heavy atom. The van der Waals surface area contributed by atoms with E-state index in [1.54, 1.807) is 0 Å². The SMILES string of the molecule is CC1(C#N)CC2O[C@@H]3C(C4CCC3(C)C4(C)C)N2O1. The van der Waals surface area contributed by atoms with Gasteiger partial charge in [-0.1, -0.05) is 20.8 Å². The first-order chi connectivity index (χ1) is 8.82. The number of hydrogen-bond donors (Lipinski definition) is 0. The van der Waals surface area contributed by atoms with Gasteiger partial charge in [0.05, 0.1) is 18.2 Å². The minimum atomic E-state index is -0.706. The molecule has 0 spiro atoms. The van der Waals surface area contributed by atoms with Gasteiger partial charge in [0.1, 0.15) is 6.23 Å². The minimum absolute atomic E-state index is 0.0179. The third-order valence-electron chi connectivity index (χ3n) is 6.71. The Labute approximate surface area is 114 Å². The molecule has 0 aromatic carbocycles. The minimum Gasteiger partial charge on any atom is -0.355 e. The second-order valence-electron chi connectivity index (χ2n) is 7.78. The van der Waals surface area contributed by atoms with Gasteiger partial charge in [-0.25, -0.2) is 0 Å². The molecule has 6 atom stereocenters. The fourth-order valence-electron chi connectivity index (χ4n) is 5.15. The highest BCUT2D eigenvalue weighted by molar-refractivity contribution is 5.21. The van der Waals surface area contributed by atoms with Crippen LogP contribution in [0.2, 0.25) is 0 Å². The average molecular weight is 262 g/mol. The van der Waals surface area contributed by atoms with Crippen LogP contribution < -0.4 is 0 Å². The highest BCUT2D eigenvalue weighted by atomic mass is 16.8. The lowest BCUT2D eigenvalue weighted by molar-refractivity contribution is -0.210. The van der Waals surface area contributed by atoms with E-state index < -0.39 is 5.60 Å². The predicted molar refractivity (Wildman–Crippen MR) is 68.6 cm³/mol. The summed E-state index contributed by atoms with van der Waals surface area (Å²) >= 11 is 0. The van der Waals surface area contributed by atoms with E-state index in [-0.39, 0.29) is 17.7 Å². The first kappa shape index (κ1) is 12.1. The molecule has 4 heteroatoms. The summed E-state index contributed by atoms with van der Waals surface area (Å²) in [5, 5.41) is 11.3. The molecule has 5 unspecified atom stereocenters. The van der Waals surface area contributed by atoms with Crippen LogP contribution in [-0.2, 0) is 9.57 Å². The zero-order chi connectivity index (χ0) is 13.6. The van der Waals surface area contributed by atoms with Gasteiger partial charge in [0.2, 0.25) is 0 Å². The van der Waals surface area contributed by atoms with E-state index >= 15 is 0 Å². The summed E-state index contributed by atoms with van der Waals surface area (Å²) in [6.45, 7) is 8.99. The van der Waals surface area contributed by atoms with Gasteiger partial charge >= 0.3 is 0 Å². The quantitative estimate of drug-likeness (QED) is 0.672. The normalized spacial score (nSPS) is 58.1. The van der Waals surface area contributed by atoms with Crippen molar-refractivity contribution in [3.8, 4) is 6.07 Å². The summed E-state index contributed by atoms with van der Waals surface area (Å²) in [7, 11) is 0. The Bertz CT molecular complexity index is 485. The second-order valence-corrected chi connectivity index (χ2v) is 7.78. The molecular weight excluding hydrogens is 240 g/mol. The number of fused-ring (bicyclic) bond motifs is 7. The van der Waals surface area contributed by atoms with E-state index in [1.807, 2.05) is 12.0 Å². The summed E-state index contributed by atoms with van der Waals surface area (Å²) < 4.78 is 6.33. The Hall–Kier alpha value is -0.630. The standard InChI is InChI=1S/C15H22N2O2/c1-13(2)9-5-6-15(13,4)12-11(9)17-10(18-12)7-14(3,8-16)19-17/h9-12H,5-7H2,1-4H3/t9?,10?,11?,12-,14?,15?/m1/s1. The highest BCUT2D eigenvalue weighted by Crippen LogP contribution is 2.70. The molecule has 104 valence electrons. The van der Waals surface area contributed by atoms with E-state index in [1.165, 1.54) is 12.8 Å². The molecule has 2 bridgehead atoms. The molecule has 4 fully saturated rings. The van der Waals surface area contributed by atoms with E-state index in [4.69, 9.17) is 9.57 Å². The largest absolute Gasteiger partial charge is 0.355 e. The first-order valence-corrected chi connectivity index (χ1v) is 7.37. The highest BCUT2D eigenvalue weighted by Gasteiger charge is 2.73. The van der Waals surface area contributed by atoms with E-state index in [0.717, 1.165) is 0 Å². The monoisotopic (exact) mass is 262 g/mol. The summed E-state index contributed by atoms with van der Waals surface area (Å²) in [5.41, 5.74) is -0.163. The van der Waals surface area contributed by atoms with E-state index in [9.17, 15) is 5.26 Å². The van der Waals surface area contributed by atoms with Crippen LogP contribution in [0.5, 0.6) is 0 Å². The molecule has 0 N–H and O–H groups in total. The third kappa shape index (κ3) is 1.16. The Morgan fingerprint density at radius 1 is 1.26 bits per heavy atom. The Kier molecular flexibility index (Phi) is 2.02. The summed E-state index contributed by atoms with van der Waals surface area (Å²) in [4.78, 5) is 5.97. The molecule has 19 heavy (non-hydrogen) atoms. The molecular formula is C15H22N2O2. The van der Waals surface area contributed by atoms with Crippen molar-refractivity contribution in [2.75, 3.05) is 0 Å². The number of nitriles is 1. The molecule has 2 saturated carbocycles. The summed E-state index contributed by atoms with van der Waals surface area (Å²) in [6.07, 6.45) is 3.43. The van der Waals surface area contributed by atoms with Crippen LogP contribution in [0.15, 0.2) is 0 Å². The van der Waals surface area contributed by atoms with Crippen LogP contribution in [0.25, 0.3) is 0 Å². The molecule has 0 radical (unpaired) electrons. The molecule has 0 aromatic rings. The van der Waals surface area contributed by atoms with Crippen molar-refractivity contribution >= 4 is 0 Å². The van der Waals surface area contributed by atoms with Crippen molar-refractivity contribution in [2.45, 2.75) is 70.9 Å². The van der Waals surface area contributed by atoms with Crippen molar-refractivity contribution in [3.63, 3.8) is 0 Å². The number of nitrogens with zero attached hydrogens (tertiary/aromatic N) is 2. The van der Waals surface area contributed by atoms with E-state index in [0.29, 0.717) is 23.8 Å². The maximum atomic E-state index is 9.25. The van der Waals surface area contributed by atoms with Crippen LogP contribution in [0.1, 0.15) is 47.0 Å². The lowest BCUT2D eigenvalue weighted by atomic mass is 9.70. The maximum Gasteiger partial charge on any atom is 0.176 e. The van der Waals surface area contributed by atoms with Gasteiger partial charge in [-0.05, 0) is 31.1 Å². The fourth-order valence-corrected chi connectivity index (χ4v) is 5.15. The molecule has 0 amide bonds. The van der Waals surface area contributed by atoms with Crippen molar-refractivity contribution in [1.82, 2.24) is 5.06 Å². The Morgan fingerprint density at radius 3 is 2.68 bits per heavy atom. The zero-order valence-corrected chi connectivity index (χ0v) is 12.1. The van der Waals surface area contributed by atoms with Crippen molar-refractivity contribution in [1.29, 1.82) is 5.26 Å². The van der Waals surface area contributed by atoms with Crippen LogP contribution in [-0.4, -0.2) is 29.0 Å². The predicted octanol–water partition coefficient (Wildman–Crippen LogP) is 2.46. The maximum absolute atomic E-state index is 9.25. The smallest absolute Gasteiger partial charge is 0.176 e. The first-order valence-electron chi connectivity index (χ1n) is 7.37. The molecule has 2 aliphatic carbocycles. The molecule has 4 rings (SSSR count). The lowest BCUT2D eigenvalue weighted by Gasteiger charge is -2.38. The fraction of sp³-hybridized carbons (Fsp3) is 0.933. The average Bonchev–Trinajstić information content (AvgIpc) is 2.94. The summed E-state index contributed by atoms with van der Waals surface area (Å²) in [5.74, 6) is 0.619. The van der Waals surface area contributed by atoms with Crippen molar-refractivity contribution in [2.24, 2.45) is 16.7 Å².